The van der Waals surface area contributed by atoms with Gasteiger partial charge in [0.15, 0.2) is 0 Å². The molecule has 2 rings (SSSR count). The third-order valence-electron chi connectivity index (χ3n) is 3.47. The number of carbonyl (C=O) groups excluding carboxylic acids is 2. The highest BCUT2D eigenvalue weighted by atomic mass is 16.1. The van der Waals surface area contributed by atoms with Gasteiger partial charge >= 0.3 is 0 Å². The lowest BCUT2D eigenvalue weighted by atomic mass is 9.98. The Hall–Kier alpha value is -1.68. The second-order valence-electron chi connectivity index (χ2n) is 4.81. The van der Waals surface area contributed by atoms with Crippen molar-refractivity contribution in [3.8, 4) is 0 Å². The molecule has 1 aliphatic rings. The van der Waals surface area contributed by atoms with Crippen molar-refractivity contribution in [3.63, 3.8) is 0 Å². The number of nitrogens with two attached hydrogens (primary N) is 1. The van der Waals surface area contributed by atoms with E-state index in [1.54, 1.807) is 12.1 Å². The van der Waals surface area contributed by atoms with Crippen LogP contribution in [0.15, 0.2) is 24.3 Å². The summed E-state index contributed by atoms with van der Waals surface area (Å²) in [5.74, 6) is -0.160. The largest absolute Gasteiger partial charge is 0.366 e. The number of hydrogen-bond acceptors (Lipinski definition) is 3. The molecule has 4 heteroatoms. The molecule has 0 unspecified atom stereocenters. The van der Waals surface area contributed by atoms with Crippen LogP contribution in [0.4, 0.5) is 0 Å². The molecule has 1 amide bonds. The van der Waals surface area contributed by atoms with Crippen LogP contribution in [0.25, 0.3) is 0 Å². The van der Waals surface area contributed by atoms with Crippen LogP contribution in [0, 0.1) is 5.92 Å². The number of carbonyl (C=O) groups is 2. The fourth-order valence-electron chi connectivity index (χ4n) is 2.28. The number of piperidine rings is 1. The van der Waals surface area contributed by atoms with Crippen LogP contribution in [-0.4, -0.2) is 30.2 Å². The molecule has 0 spiro atoms. The van der Waals surface area contributed by atoms with Crippen molar-refractivity contribution < 1.29 is 9.59 Å². The Morgan fingerprint density at radius 2 is 1.89 bits per heavy atom. The lowest BCUT2D eigenvalue weighted by Gasteiger charge is -2.29. The van der Waals surface area contributed by atoms with Crippen molar-refractivity contribution in [2.24, 2.45) is 11.7 Å². The van der Waals surface area contributed by atoms with Crippen LogP contribution in [0.5, 0.6) is 0 Å². The molecule has 0 radical (unpaired) electrons. The van der Waals surface area contributed by atoms with E-state index >= 15 is 0 Å². The van der Waals surface area contributed by atoms with E-state index in [9.17, 15) is 9.59 Å². The molecule has 1 aromatic carbocycles. The zero-order valence-electron chi connectivity index (χ0n) is 10.3. The van der Waals surface area contributed by atoms with Gasteiger partial charge in [0.2, 0.25) is 5.91 Å². The molecule has 1 aromatic rings. The fourth-order valence-corrected chi connectivity index (χ4v) is 2.28. The number of aldehydes is 1. The van der Waals surface area contributed by atoms with Crippen LogP contribution < -0.4 is 5.73 Å². The van der Waals surface area contributed by atoms with E-state index in [4.69, 9.17) is 5.73 Å². The van der Waals surface area contributed by atoms with Crippen molar-refractivity contribution in [1.29, 1.82) is 0 Å². The van der Waals surface area contributed by atoms with E-state index < -0.39 is 5.91 Å². The van der Waals surface area contributed by atoms with Gasteiger partial charge in [-0.05, 0) is 43.6 Å². The Morgan fingerprint density at radius 1 is 1.28 bits per heavy atom. The normalized spacial score (nSPS) is 17.6. The summed E-state index contributed by atoms with van der Waals surface area (Å²) in [5, 5.41) is 0. The first kappa shape index (κ1) is 12.8. The van der Waals surface area contributed by atoms with Gasteiger partial charge in [-0.1, -0.05) is 12.1 Å². The number of nitrogens with zero attached hydrogens (tertiary/aromatic N) is 1. The first-order valence-electron chi connectivity index (χ1n) is 6.25. The van der Waals surface area contributed by atoms with E-state index in [0.29, 0.717) is 5.56 Å². The van der Waals surface area contributed by atoms with Crippen molar-refractivity contribution in [3.05, 3.63) is 35.4 Å². The minimum atomic E-state index is -0.395. The highest BCUT2D eigenvalue weighted by Crippen LogP contribution is 2.17. The second kappa shape index (κ2) is 5.78. The van der Waals surface area contributed by atoms with Gasteiger partial charge in [0, 0.05) is 18.0 Å². The standard InChI is InChI=1S/C14H18N2O2/c15-14(18)13-3-1-11(2-4-13)9-16-7-5-12(10-17)6-8-16/h1-4,10,12H,5-9H2,(H2,15,18). The average molecular weight is 246 g/mol. The molecule has 1 aliphatic heterocycles. The van der Waals surface area contributed by atoms with Crippen LogP contribution in [-0.2, 0) is 11.3 Å². The van der Waals surface area contributed by atoms with Crippen molar-refractivity contribution in [1.82, 2.24) is 4.90 Å². The molecule has 2 N–H and O–H groups in total. The molecular formula is C14H18N2O2. The van der Waals surface area contributed by atoms with Gasteiger partial charge in [-0.3, -0.25) is 9.69 Å². The Balaban J connectivity index is 1.90. The monoisotopic (exact) mass is 246 g/mol. The van der Waals surface area contributed by atoms with Crippen molar-refractivity contribution in [2.75, 3.05) is 13.1 Å². The van der Waals surface area contributed by atoms with E-state index in [2.05, 4.69) is 4.90 Å². The van der Waals surface area contributed by atoms with Crippen LogP contribution in [0.2, 0.25) is 0 Å². The minimum Gasteiger partial charge on any atom is -0.366 e. The second-order valence-corrected chi connectivity index (χ2v) is 4.81. The first-order chi connectivity index (χ1) is 8.69. The number of benzene rings is 1. The predicted molar refractivity (Wildman–Crippen MR) is 69.0 cm³/mol. The minimum absolute atomic E-state index is 0.235. The predicted octanol–water partition coefficient (Wildman–Crippen LogP) is 1.20. The number of hydrogen-bond donors (Lipinski definition) is 1. The van der Waals surface area contributed by atoms with Crippen LogP contribution in [0.1, 0.15) is 28.8 Å². The van der Waals surface area contributed by atoms with Crippen molar-refractivity contribution >= 4 is 12.2 Å². The molecule has 1 saturated heterocycles. The first-order valence-corrected chi connectivity index (χ1v) is 6.25. The lowest BCUT2D eigenvalue weighted by Crippen LogP contribution is -2.33. The van der Waals surface area contributed by atoms with Gasteiger partial charge in [-0.2, -0.15) is 0 Å². The van der Waals surface area contributed by atoms with E-state index in [1.807, 2.05) is 12.1 Å². The Bertz CT molecular complexity index is 420. The van der Waals surface area contributed by atoms with Crippen LogP contribution in [0.3, 0.4) is 0 Å². The maximum atomic E-state index is 11.0. The molecular weight excluding hydrogens is 228 g/mol. The zero-order chi connectivity index (χ0) is 13.0. The number of primary amides is 1. The molecule has 0 bridgehead atoms. The van der Waals surface area contributed by atoms with E-state index in [0.717, 1.165) is 38.8 Å². The molecule has 0 saturated carbocycles. The zero-order valence-corrected chi connectivity index (χ0v) is 10.3. The third kappa shape index (κ3) is 3.17. The van der Waals surface area contributed by atoms with Crippen molar-refractivity contribution in [2.45, 2.75) is 19.4 Å². The molecule has 1 fully saturated rings. The summed E-state index contributed by atoms with van der Waals surface area (Å²) < 4.78 is 0. The number of amides is 1. The van der Waals surface area contributed by atoms with Gasteiger partial charge in [-0.25, -0.2) is 0 Å². The summed E-state index contributed by atoms with van der Waals surface area (Å²) in [5.41, 5.74) is 6.91. The molecule has 18 heavy (non-hydrogen) atoms. The lowest BCUT2D eigenvalue weighted by molar-refractivity contribution is -0.112. The van der Waals surface area contributed by atoms with E-state index in [1.165, 1.54) is 5.56 Å². The van der Waals surface area contributed by atoms with Crippen LogP contribution >= 0.6 is 0 Å². The summed E-state index contributed by atoms with van der Waals surface area (Å²) in [6.07, 6.45) is 2.96. The quantitative estimate of drug-likeness (QED) is 0.812. The third-order valence-corrected chi connectivity index (χ3v) is 3.47. The molecule has 0 aliphatic carbocycles. The van der Waals surface area contributed by atoms with Gasteiger partial charge in [0.05, 0.1) is 0 Å². The maximum absolute atomic E-state index is 11.0. The van der Waals surface area contributed by atoms with Gasteiger partial charge in [0.1, 0.15) is 6.29 Å². The Labute approximate surface area is 107 Å². The number of likely N-dealkylation sites (tertiary alicyclic amines) is 1. The topological polar surface area (TPSA) is 63.4 Å². The van der Waals surface area contributed by atoms with Gasteiger partial charge in [0.25, 0.3) is 0 Å². The maximum Gasteiger partial charge on any atom is 0.248 e. The number of rotatable bonds is 4. The highest BCUT2D eigenvalue weighted by Gasteiger charge is 2.18. The smallest absolute Gasteiger partial charge is 0.248 e. The Morgan fingerprint density at radius 3 is 2.39 bits per heavy atom. The van der Waals surface area contributed by atoms with E-state index in [-0.39, 0.29) is 5.92 Å². The summed E-state index contributed by atoms with van der Waals surface area (Å²) in [7, 11) is 0. The summed E-state index contributed by atoms with van der Waals surface area (Å²) in [6.45, 7) is 2.78. The summed E-state index contributed by atoms with van der Waals surface area (Å²) >= 11 is 0. The van der Waals surface area contributed by atoms with Gasteiger partial charge in [-0.15, -0.1) is 0 Å². The molecule has 0 atom stereocenters. The highest BCUT2D eigenvalue weighted by molar-refractivity contribution is 5.92. The SMILES string of the molecule is NC(=O)c1ccc(CN2CCC(C=O)CC2)cc1. The average Bonchev–Trinajstić information content (AvgIpc) is 2.40. The molecule has 0 aromatic heterocycles. The van der Waals surface area contributed by atoms with Gasteiger partial charge < -0.3 is 10.5 Å². The molecule has 4 nitrogen and oxygen atoms in total. The fraction of sp³-hybridized carbons (Fsp3) is 0.429. The molecule has 96 valence electrons. The summed E-state index contributed by atoms with van der Waals surface area (Å²) in [4.78, 5) is 23.9. The summed E-state index contributed by atoms with van der Waals surface area (Å²) in [6, 6.07) is 7.39. The Kier molecular flexibility index (Phi) is 4.10. The molecule has 1 heterocycles.